The number of nitrogens with zero attached hydrogens (tertiary/aromatic N) is 2. The van der Waals surface area contributed by atoms with Crippen LogP contribution in [-0.2, 0) is 0 Å². The molecular weight excluding hydrogens is 286 g/mol. The van der Waals surface area contributed by atoms with Crippen LogP contribution in [-0.4, -0.2) is 37.3 Å². The van der Waals surface area contributed by atoms with Crippen LogP contribution in [0.25, 0.3) is 0 Å². The molecule has 3 nitrogen and oxygen atoms in total. The summed E-state index contributed by atoms with van der Waals surface area (Å²) in [6.45, 7) is 0.281. The molecule has 21 heavy (non-hydrogen) atoms. The van der Waals surface area contributed by atoms with Crippen LogP contribution in [0.3, 0.4) is 0 Å². The fourth-order valence-corrected chi connectivity index (χ4v) is 2.52. The van der Waals surface area contributed by atoms with Gasteiger partial charge in [-0.15, -0.1) is 0 Å². The molecule has 0 bridgehead atoms. The lowest BCUT2D eigenvalue weighted by Crippen LogP contribution is -2.33. The number of alkyl halides is 3. The van der Waals surface area contributed by atoms with Crippen LogP contribution >= 0.6 is 0 Å². The summed E-state index contributed by atoms with van der Waals surface area (Å²) in [5.74, 6) is -0.546. The lowest BCUT2D eigenvalue weighted by atomic mass is 10.1. The maximum Gasteiger partial charge on any atom is 0.401 e. The molecule has 0 amide bonds. The third-order valence-electron chi connectivity index (χ3n) is 3.48. The van der Waals surface area contributed by atoms with Gasteiger partial charge in [0, 0.05) is 13.1 Å². The molecule has 0 radical (unpaired) electrons. The van der Waals surface area contributed by atoms with Gasteiger partial charge in [0.05, 0.1) is 12.2 Å². The normalized spacial score (nSPS) is 19.5. The fraction of sp³-hybridized carbons (Fsp3) is 0.500. The highest BCUT2D eigenvalue weighted by Gasteiger charge is 2.34. The van der Waals surface area contributed by atoms with Gasteiger partial charge in [-0.2, -0.15) is 18.4 Å². The Labute approximate surface area is 120 Å². The van der Waals surface area contributed by atoms with E-state index in [-0.39, 0.29) is 11.5 Å². The Morgan fingerprint density at radius 1 is 1.38 bits per heavy atom. The smallest absolute Gasteiger partial charge is 0.384 e. The van der Waals surface area contributed by atoms with E-state index < -0.39 is 18.5 Å². The van der Waals surface area contributed by atoms with Gasteiger partial charge in [0.2, 0.25) is 0 Å². The van der Waals surface area contributed by atoms with Crippen molar-refractivity contribution in [2.75, 3.05) is 31.5 Å². The number of hydrogen-bond donors (Lipinski definition) is 1. The SMILES string of the molecule is N#Cc1c(F)cccc1NCC1CCN(CC(F)(F)F)C1. The zero-order chi connectivity index (χ0) is 15.5. The molecule has 0 aromatic heterocycles. The zero-order valence-corrected chi connectivity index (χ0v) is 11.3. The lowest BCUT2D eigenvalue weighted by Gasteiger charge is -2.18. The predicted octanol–water partition coefficient (Wildman–Crippen LogP) is 2.99. The molecule has 0 aliphatic carbocycles. The molecule has 1 saturated heterocycles. The van der Waals surface area contributed by atoms with Crippen LogP contribution in [0.1, 0.15) is 12.0 Å². The third kappa shape index (κ3) is 4.33. The van der Waals surface area contributed by atoms with E-state index in [1.807, 2.05) is 0 Å². The van der Waals surface area contributed by atoms with Crippen LogP contribution in [0, 0.1) is 23.1 Å². The average Bonchev–Trinajstić information content (AvgIpc) is 2.81. The Morgan fingerprint density at radius 3 is 2.81 bits per heavy atom. The fourth-order valence-electron chi connectivity index (χ4n) is 2.52. The van der Waals surface area contributed by atoms with Crippen molar-refractivity contribution in [3.63, 3.8) is 0 Å². The van der Waals surface area contributed by atoms with Gasteiger partial charge < -0.3 is 5.32 Å². The number of benzene rings is 1. The maximum atomic E-state index is 13.4. The number of hydrogen-bond acceptors (Lipinski definition) is 3. The van der Waals surface area contributed by atoms with Crippen LogP contribution in [0.2, 0.25) is 0 Å². The first-order valence-electron chi connectivity index (χ1n) is 6.60. The van der Waals surface area contributed by atoms with Gasteiger partial charge in [0.25, 0.3) is 0 Å². The molecule has 1 aliphatic rings. The zero-order valence-electron chi connectivity index (χ0n) is 11.3. The lowest BCUT2D eigenvalue weighted by molar-refractivity contribution is -0.143. The highest BCUT2D eigenvalue weighted by atomic mass is 19.4. The minimum atomic E-state index is -4.18. The van der Waals surface area contributed by atoms with E-state index in [4.69, 9.17) is 5.26 Å². The topological polar surface area (TPSA) is 39.1 Å². The first kappa shape index (κ1) is 15.6. The molecule has 1 heterocycles. The first-order valence-corrected chi connectivity index (χ1v) is 6.60. The predicted molar refractivity (Wildman–Crippen MR) is 70.2 cm³/mol. The van der Waals surface area contributed by atoms with Crippen molar-refractivity contribution in [2.45, 2.75) is 12.6 Å². The second-order valence-electron chi connectivity index (χ2n) is 5.16. The van der Waals surface area contributed by atoms with Crippen molar-refractivity contribution in [2.24, 2.45) is 5.92 Å². The summed E-state index contributed by atoms with van der Waals surface area (Å²) in [5, 5.41) is 11.9. The van der Waals surface area contributed by atoms with Gasteiger partial charge in [0.1, 0.15) is 17.4 Å². The van der Waals surface area contributed by atoms with E-state index in [1.54, 1.807) is 12.1 Å². The van der Waals surface area contributed by atoms with Gasteiger partial charge in [-0.3, -0.25) is 4.90 Å². The molecule has 1 aromatic carbocycles. The Hall–Kier alpha value is -1.81. The van der Waals surface area contributed by atoms with Gasteiger partial charge >= 0.3 is 6.18 Å². The number of likely N-dealkylation sites (tertiary alicyclic amines) is 1. The highest BCUT2D eigenvalue weighted by Crippen LogP contribution is 2.24. The summed E-state index contributed by atoms with van der Waals surface area (Å²) >= 11 is 0. The Balaban J connectivity index is 1.88. The highest BCUT2D eigenvalue weighted by molar-refractivity contribution is 5.57. The summed E-state index contributed by atoms with van der Waals surface area (Å²) in [6, 6.07) is 6.06. The quantitative estimate of drug-likeness (QED) is 0.869. The van der Waals surface area contributed by atoms with E-state index in [0.717, 1.165) is 0 Å². The Kier molecular flexibility index (Phi) is 4.68. The largest absolute Gasteiger partial charge is 0.401 e. The third-order valence-corrected chi connectivity index (χ3v) is 3.48. The van der Waals surface area contributed by atoms with Crippen molar-refractivity contribution < 1.29 is 17.6 Å². The summed E-state index contributed by atoms with van der Waals surface area (Å²) in [7, 11) is 0. The second kappa shape index (κ2) is 6.31. The van der Waals surface area contributed by atoms with Gasteiger partial charge in [-0.05, 0) is 31.0 Å². The summed E-state index contributed by atoms with van der Waals surface area (Å²) in [5.41, 5.74) is 0.314. The van der Waals surface area contributed by atoms with Gasteiger partial charge in [-0.25, -0.2) is 4.39 Å². The maximum absolute atomic E-state index is 13.4. The van der Waals surface area contributed by atoms with Crippen molar-refractivity contribution in [1.29, 1.82) is 5.26 Å². The molecule has 0 saturated carbocycles. The van der Waals surface area contributed by atoms with Gasteiger partial charge in [-0.1, -0.05) is 6.07 Å². The van der Waals surface area contributed by atoms with Crippen molar-refractivity contribution in [3.05, 3.63) is 29.6 Å². The van der Waals surface area contributed by atoms with E-state index in [2.05, 4.69) is 5.32 Å². The van der Waals surface area contributed by atoms with Crippen LogP contribution in [0.4, 0.5) is 23.2 Å². The van der Waals surface area contributed by atoms with Crippen LogP contribution in [0.15, 0.2) is 18.2 Å². The van der Waals surface area contributed by atoms with E-state index in [1.165, 1.54) is 17.0 Å². The Morgan fingerprint density at radius 2 is 2.14 bits per heavy atom. The van der Waals surface area contributed by atoms with Crippen molar-refractivity contribution in [3.8, 4) is 6.07 Å². The number of nitrogens with one attached hydrogen (secondary N) is 1. The molecular formula is C14H15F4N3. The summed E-state index contributed by atoms with van der Waals surface area (Å²) in [4.78, 5) is 1.36. The number of rotatable bonds is 4. The first-order chi connectivity index (χ1) is 9.89. The van der Waals surface area contributed by atoms with E-state index in [0.29, 0.717) is 31.7 Å². The molecule has 1 atom stereocenters. The monoisotopic (exact) mass is 301 g/mol. The molecule has 114 valence electrons. The van der Waals surface area contributed by atoms with Crippen molar-refractivity contribution >= 4 is 5.69 Å². The summed E-state index contributed by atoms with van der Waals surface area (Å²) in [6.07, 6.45) is -3.53. The molecule has 1 unspecified atom stereocenters. The molecule has 1 fully saturated rings. The summed E-state index contributed by atoms with van der Waals surface area (Å²) < 4.78 is 50.3. The average molecular weight is 301 g/mol. The van der Waals surface area contributed by atoms with Crippen LogP contribution < -0.4 is 5.32 Å². The Bertz CT molecular complexity index is 536. The van der Waals surface area contributed by atoms with E-state index >= 15 is 0 Å². The minimum absolute atomic E-state index is 0.0576. The van der Waals surface area contributed by atoms with Gasteiger partial charge in [0.15, 0.2) is 0 Å². The molecule has 7 heteroatoms. The van der Waals surface area contributed by atoms with Crippen molar-refractivity contribution in [1.82, 2.24) is 4.90 Å². The molecule has 2 rings (SSSR count). The standard InChI is InChI=1S/C14H15F4N3/c15-12-2-1-3-13(11(12)6-19)20-7-10-4-5-21(8-10)9-14(16,17)18/h1-3,10,20H,4-5,7-9H2. The molecule has 1 aromatic rings. The molecule has 1 aliphatic heterocycles. The molecule has 1 N–H and O–H groups in total. The number of nitriles is 1. The number of anilines is 1. The number of halogens is 4. The van der Waals surface area contributed by atoms with E-state index in [9.17, 15) is 17.6 Å². The minimum Gasteiger partial charge on any atom is -0.384 e. The second-order valence-corrected chi connectivity index (χ2v) is 5.16. The van der Waals surface area contributed by atoms with Crippen LogP contribution in [0.5, 0.6) is 0 Å². The molecule has 0 spiro atoms.